The largest absolute Gasteiger partial charge is 0.455 e. The number of para-hydroxylation sites is 2. The Hall–Kier alpha value is -6.58. The summed E-state index contributed by atoms with van der Waals surface area (Å²) in [7, 11) is 0. The molecule has 0 bridgehead atoms. The number of hydrogen-bond donors (Lipinski definition) is 0. The summed E-state index contributed by atoms with van der Waals surface area (Å²) < 4.78 is 6.45. The van der Waals surface area contributed by atoms with Crippen molar-refractivity contribution in [3.63, 3.8) is 0 Å². The molecule has 1 atom stereocenters. The molecule has 1 aliphatic carbocycles. The number of benzene rings is 7. The van der Waals surface area contributed by atoms with Gasteiger partial charge >= 0.3 is 0 Å². The van der Waals surface area contributed by atoms with E-state index < -0.39 is 0 Å². The SMILES string of the molecule is CC1(c2ccccc2)c2ccccc2-c2ccc(-c3cccc(-c4cc(-c5cccc6c5oc5ccccc56)nc(-c5ccccc5)n4)c3)cc21. The van der Waals surface area contributed by atoms with Crippen LogP contribution >= 0.6 is 0 Å². The Bertz CT molecular complexity index is 2760. The highest BCUT2D eigenvalue weighted by Gasteiger charge is 2.40. The van der Waals surface area contributed by atoms with Crippen LogP contribution in [0, 0.1) is 0 Å². The van der Waals surface area contributed by atoms with Crippen LogP contribution in [-0.4, -0.2) is 9.97 Å². The smallest absolute Gasteiger partial charge is 0.160 e. The van der Waals surface area contributed by atoms with Gasteiger partial charge in [0, 0.05) is 32.9 Å². The molecule has 240 valence electrons. The highest BCUT2D eigenvalue weighted by Crippen LogP contribution is 2.53. The van der Waals surface area contributed by atoms with Gasteiger partial charge in [-0.15, -0.1) is 0 Å². The van der Waals surface area contributed by atoms with Gasteiger partial charge in [0.25, 0.3) is 0 Å². The van der Waals surface area contributed by atoms with E-state index in [9.17, 15) is 0 Å². The van der Waals surface area contributed by atoms with Gasteiger partial charge < -0.3 is 4.42 Å². The van der Waals surface area contributed by atoms with Crippen molar-refractivity contribution in [3.05, 3.63) is 193 Å². The van der Waals surface area contributed by atoms with Crippen LogP contribution in [-0.2, 0) is 5.41 Å². The van der Waals surface area contributed by atoms with Gasteiger partial charge in [-0.25, -0.2) is 9.97 Å². The van der Waals surface area contributed by atoms with Gasteiger partial charge in [-0.3, -0.25) is 0 Å². The molecule has 7 aromatic carbocycles. The Morgan fingerprint density at radius 3 is 1.94 bits per heavy atom. The maximum Gasteiger partial charge on any atom is 0.160 e. The van der Waals surface area contributed by atoms with E-state index in [-0.39, 0.29) is 5.41 Å². The van der Waals surface area contributed by atoms with Crippen LogP contribution in [0.1, 0.15) is 23.6 Å². The molecule has 0 radical (unpaired) electrons. The molecule has 0 saturated carbocycles. The van der Waals surface area contributed by atoms with Crippen molar-refractivity contribution in [2.75, 3.05) is 0 Å². The molecular weight excluding hydrogens is 621 g/mol. The molecule has 9 aromatic rings. The number of furan rings is 1. The molecule has 1 unspecified atom stereocenters. The number of fused-ring (bicyclic) bond motifs is 6. The monoisotopic (exact) mass is 652 g/mol. The lowest BCUT2D eigenvalue weighted by molar-refractivity contribution is 0.670. The first-order chi connectivity index (χ1) is 25.1. The molecule has 2 heterocycles. The van der Waals surface area contributed by atoms with Crippen LogP contribution in [0.15, 0.2) is 180 Å². The first-order valence-corrected chi connectivity index (χ1v) is 17.4. The number of rotatable bonds is 5. The van der Waals surface area contributed by atoms with Crippen LogP contribution in [0.2, 0.25) is 0 Å². The Balaban J connectivity index is 1.12. The Morgan fingerprint density at radius 2 is 1.06 bits per heavy atom. The zero-order valence-corrected chi connectivity index (χ0v) is 28.0. The van der Waals surface area contributed by atoms with Crippen molar-refractivity contribution in [1.82, 2.24) is 9.97 Å². The fourth-order valence-electron chi connectivity index (χ4n) is 8.01. The lowest BCUT2D eigenvalue weighted by atomic mass is 9.74. The van der Waals surface area contributed by atoms with E-state index in [4.69, 9.17) is 14.4 Å². The van der Waals surface area contributed by atoms with E-state index >= 15 is 0 Å². The number of nitrogens with zero attached hydrogens (tertiary/aromatic N) is 2. The minimum atomic E-state index is -0.259. The van der Waals surface area contributed by atoms with Crippen LogP contribution in [0.25, 0.3) is 78.1 Å². The third kappa shape index (κ3) is 4.66. The van der Waals surface area contributed by atoms with E-state index in [1.54, 1.807) is 0 Å². The molecule has 3 heteroatoms. The molecule has 10 rings (SSSR count). The Morgan fingerprint density at radius 1 is 0.431 bits per heavy atom. The summed E-state index contributed by atoms with van der Waals surface area (Å²) in [6, 6.07) is 62.2. The van der Waals surface area contributed by atoms with Crippen molar-refractivity contribution in [2.24, 2.45) is 0 Å². The van der Waals surface area contributed by atoms with E-state index in [1.807, 2.05) is 30.3 Å². The van der Waals surface area contributed by atoms with E-state index in [1.165, 1.54) is 33.4 Å². The molecule has 0 amide bonds. The maximum atomic E-state index is 6.45. The van der Waals surface area contributed by atoms with Crippen LogP contribution < -0.4 is 0 Å². The summed E-state index contributed by atoms with van der Waals surface area (Å²) >= 11 is 0. The lowest BCUT2D eigenvalue weighted by Crippen LogP contribution is -2.22. The third-order valence-corrected chi connectivity index (χ3v) is 10.6. The minimum Gasteiger partial charge on any atom is -0.455 e. The quantitative estimate of drug-likeness (QED) is 0.186. The van der Waals surface area contributed by atoms with Crippen LogP contribution in [0.3, 0.4) is 0 Å². The van der Waals surface area contributed by atoms with Gasteiger partial charge in [0.1, 0.15) is 11.2 Å². The number of hydrogen-bond acceptors (Lipinski definition) is 3. The average molecular weight is 653 g/mol. The summed E-state index contributed by atoms with van der Waals surface area (Å²) in [4.78, 5) is 10.3. The van der Waals surface area contributed by atoms with E-state index in [0.717, 1.165) is 55.6 Å². The van der Waals surface area contributed by atoms with Crippen molar-refractivity contribution in [2.45, 2.75) is 12.3 Å². The summed E-state index contributed by atoms with van der Waals surface area (Å²) in [5, 5.41) is 2.17. The molecule has 51 heavy (non-hydrogen) atoms. The van der Waals surface area contributed by atoms with Gasteiger partial charge in [-0.05, 0) is 76.2 Å². The molecule has 0 fully saturated rings. The maximum absolute atomic E-state index is 6.45. The van der Waals surface area contributed by atoms with Gasteiger partial charge in [0.05, 0.1) is 11.4 Å². The fraction of sp³-hybridized carbons (Fsp3) is 0.0417. The zero-order chi connectivity index (χ0) is 33.9. The molecule has 0 N–H and O–H groups in total. The van der Waals surface area contributed by atoms with Crippen molar-refractivity contribution in [3.8, 4) is 56.2 Å². The van der Waals surface area contributed by atoms with Gasteiger partial charge in [0.15, 0.2) is 5.82 Å². The molecule has 1 aliphatic rings. The van der Waals surface area contributed by atoms with Crippen LogP contribution in [0.4, 0.5) is 0 Å². The molecule has 3 nitrogen and oxygen atoms in total. The highest BCUT2D eigenvalue weighted by molar-refractivity contribution is 6.09. The van der Waals surface area contributed by atoms with Crippen molar-refractivity contribution in [1.29, 1.82) is 0 Å². The standard InChI is InChI=1S/C48H32N2O/c1-48(35-18-6-3-7-19-35)41-24-10-8-20-36(41)37-27-26-33(29-42(37)48)32-16-12-17-34(28-32)43-30-44(50-47(49-43)31-14-4-2-5-15-31)40-23-13-22-39-38-21-9-11-25-45(38)51-46(39)40/h2-30H,1H3. The molecular formula is C48H32N2O. The molecule has 2 aromatic heterocycles. The molecule has 0 spiro atoms. The fourth-order valence-corrected chi connectivity index (χ4v) is 8.01. The third-order valence-electron chi connectivity index (χ3n) is 10.6. The predicted octanol–water partition coefficient (Wildman–Crippen LogP) is 12.4. The minimum absolute atomic E-state index is 0.259. The zero-order valence-electron chi connectivity index (χ0n) is 28.0. The summed E-state index contributed by atoms with van der Waals surface area (Å²) in [5.41, 5.74) is 14.9. The summed E-state index contributed by atoms with van der Waals surface area (Å²) in [6.45, 7) is 2.36. The molecule has 0 saturated heterocycles. The Kier molecular flexibility index (Phi) is 6.62. The molecule has 0 aliphatic heterocycles. The second-order valence-corrected chi connectivity index (χ2v) is 13.5. The summed E-state index contributed by atoms with van der Waals surface area (Å²) in [5.74, 6) is 0.676. The average Bonchev–Trinajstić information content (AvgIpc) is 3.72. The first-order valence-electron chi connectivity index (χ1n) is 17.4. The first kappa shape index (κ1) is 29.3. The Labute approximate surface area is 296 Å². The van der Waals surface area contributed by atoms with E-state index in [2.05, 4.69) is 153 Å². The van der Waals surface area contributed by atoms with Gasteiger partial charge in [0.2, 0.25) is 0 Å². The normalized spacial score (nSPS) is 14.8. The second kappa shape index (κ2) is 11.5. The predicted molar refractivity (Wildman–Crippen MR) is 208 cm³/mol. The lowest BCUT2D eigenvalue weighted by Gasteiger charge is -2.28. The highest BCUT2D eigenvalue weighted by atomic mass is 16.3. The van der Waals surface area contributed by atoms with Crippen LogP contribution in [0.5, 0.6) is 0 Å². The van der Waals surface area contributed by atoms with Gasteiger partial charge in [-0.2, -0.15) is 0 Å². The van der Waals surface area contributed by atoms with E-state index in [0.29, 0.717) is 5.82 Å². The van der Waals surface area contributed by atoms with Crippen molar-refractivity contribution < 1.29 is 4.42 Å². The van der Waals surface area contributed by atoms with Gasteiger partial charge in [-0.1, -0.05) is 146 Å². The number of aromatic nitrogens is 2. The van der Waals surface area contributed by atoms with Crippen molar-refractivity contribution >= 4 is 21.9 Å². The second-order valence-electron chi connectivity index (χ2n) is 13.5. The topological polar surface area (TPSA) is 38.9 Å². The summed E-state index contributed by atoms with van der Waals surface area (Å²) in [6.07, 6.45) is 0.